The summed E-state index contributed by atoms with van der Waals surface area (Å²) in [4.78, 5) is 26.2. The van der Waals surface area contributed by atoms with E-state index in [1.54, 1.807) is 18.2 Å². The van der Waals surface area contributed by atoms with Crippen LogP contribution < -0.4 is 9.47 Å². The van der Waals surface area contributed by atoms with E-state index in [0.717, 1.165) is 31.6 Å². The van der Waals surface area contributed by atoms with E-state index < -0.39 is 12.6 Å². The van der Waals surface area contributed by atoms with Crippen molar-refractivity contribution in [3.63, 3.8) is 0 Å². The maximum absolute atomic E-state index is 13.3. The Balaban J connectivity index is 1.77. The van der Waals surface area contributed by atoms with Crippen molar-refractivity contribution in [2.24, 2.45) is 5.92 Å². The lowest BCUT2D eigenvalue weighted by atomic mass is 9.83. The number of carbonyl (C=O) groups is 2. The third kappa shape index (κ3) is 4.97. The van der Waals surface area contributed by atoms with Crippen LogP contribution in [0.4, 0.5) is 0 Å². The number of hydrogen-bond acceptors (Lipinski definition) is 4. The first-order valence-corrected chi connectivity index (χ1v) is 10.5. The SMILES string of the molecule is CCOc1cc(C(=O)N(C2CCC(CC)CC2)C2CC2)ccc1OCC(=O)O. The average molecular weight is 389 g/mol. The van der Waals surface area contributed by atoms with Crippen LogP contribution >= 0.6 is 0 Å². The van der Waals surface area contributed by atoms with E-state index in [1.807, 2.05) is 6.92 Å². The number of nitrogens with zero attached hydrogens (tertiary/aromatic N) is 1. The maximum Gasteiger partial charge on any atom is 0.341 e. The van der Waals surface area contributed by atoms with Crippen molar-refractivity contribution in [1.82, 2.24) is 4.90 Å². The van der Waals surface area contributed by atoms with Gasteiger partial charge in [0.05, 0.1) is 6.61 Å². The van der Waals surface area contributed by atoms with Crippen molar-refractivity contribution in [1.29, 1.82) is 0 Å². The van der Waals surface area contributed by atoms with Gasteiger partial charge in [-0.3, -0.25) is 4.79 Å². The van der Waals surface area contributed by atoms with Crippen LogP contribution in [-0.2, 0) is 4.79 Å². The average Bonchev–Trinajstić information content (AvgIpc) is 3.52. The quantitative estimate of drug-likeness (QED) is 0.687. The lowest BCUT2D eigenvalue weighted by molar-refractivity contribution is -0.139. The van der Waals surface area contributed by atoms with Crippen molar-refractivity contribution in [2.75, 3.05) is 13.2 Å². The second-order valence-corrected chi connectivity index (χ2v) is 7.80. The molecule has 3 rings (SSSR count). The van der Waals surface area contributed by atoms with Crippen LogP contribution in [0.15, 0.2) is 18.2 Å². The third-order valence-corrected chi connectivity index (χ3v) is 5.80. The molecule has 2 fully saturated rings. The fourth-order valence-corrected chi connectivity index (χ4v) is 4.13. The molecule has 1 aromatic rings. The topological polar surface area (TPSA) is 76.1 Å². The standard InChI is InChI=1S/C22H31NO5/c1-3-15-5-8-17(9-6-15)23(18-10-11-18)22(26)16-7-12-19(28-14-21(24)25)20(13-16)27-4-2/h7,12-13,15,17-18H,3-6,8-11,14H2,1-2H3,(H,24,25). The molecular weight excluding hydrogens is 358 g/mol. The highest BCUT2D eigenvalue weighted by atomic mass is 16.5. The zero-order chi connectivity index (χ0) is 20.1. The summed E-state index contributed by atoms with van der Waals surface area (Å²) in [5, 5.41) is 8.83. The fourth-order valence-electron chi connectivity index (χ4n) is 4.13. The first-order chi connectivity index (χ1) is 13.5. The van der Waals surface area contributed by atoms with Gasteiger partial charge in [0.1, 0.15) is 0 Å². The van der Waals surface area contributed by atoms with Crippen molar-refractivity contribution in [3.05, 3.63) is 23.8 Å². The summed E-state index contributed by atoms with van der Waals surface area (Å²) in [6.45, 7) is 4.06. The Morgan fingerprint density at radius 3 is 2.18 bits per heavy atom. The lowest BCUT2D eigenvalue weighted by Gasteiger charge is -2.37. The Labute approximate surface area is 166 Å². The summed E-state index contributed by atoms with van der Waals surface area (Å²) in [6.07, 6.45) is 7.94. The first kappa shape index (κ1) is 20.5. The van der Waals surface area contributed by atoms with E-state index in [4.69, 9.17) is 14.6 Å². The van der Waals surface area contributed by atoms with Gasteiger partial charge in [-0.25, -0.2) is 4.79 Å². The van der Waals surface area contributed by atoms with Gasteiger partial charge >= 0.3 is 5.97 Å². The molecule has 0 unspecified atom stereocenters. The minimum atomic E-state index is -1.05. The molecule has 2 aliphatic carbocycles. The molecule has 1 N–H and O–H groups in total. The molecule has 0 aromatic heterocycles. The largest absolute Gasteiger partial charge is 0.490 e. The summed E-state index contributed by atoms with van der Waals surface area (Å²) in [5.41, 5.74) is 0.579. The molecule has 0 aliphatic heterocycles. The van der Waals surface area contributed by atoms with Crippen LogP contribution in [0.1, 0.15) is 69.2 Å². The molecule has 6 heteroatoms. The first-order valence-electron chi connectivity index (χ1n) is 10.5. The predicted octanol–water partition coefficient (Wildman–Crippen LogP) is 4.12. The molecule has 6 nitrogen and oxygen atoms in total. The molecule has 0 saturated heterocycles. The number of ether oxygens (including phenoxy) is 2. The van der Waals surface area contributed by atoms with E-state index in [2.05, 4.69) is 11.8 Å². The zero-order valence-corrected chi connectivity index (χ0v) is 16.9. The van der Waals surface area contributed by atoms with Gasteiger partial charge in [0.15, 0.2) is 18.1 Å². The second-order valence-electron chi connectivity index (χ2n) is 7.80. The number of rotatable bonds is 9. The molecule has 28 heavy (non-hydrogen) atoms. The minimum absolute atomic E-state index is 0.0492. The van der Waals surface area contributed by atoms with Gasteiger partial charge in [0.2, 0.25) is 0 Å². The number of carbonyl (C=O) groups excluding carboxylic acids is 1. The number of carboxylic acids is 1. The summed E-state index contributed by atoms with van der Waals surface area (Å²) in [6, 6.07) is 5.72. The number of carboxylic acid groups (broad SMARTS) is 1. The van der Waals surface area contributed by atoms with Crippen LogP contribution in [0.3, 0.4) is 0 Å². The fraction of sp³-hybridized carbons (Fsp3) is 0.636. The molecule has 1 aromatic carbocycles. The number of amides is 1. The van der Waals surface area contributed by atoms with E-state index >= 15 is 0 Å². The van der Waals surface area contributed by atoms with Crippen molar-refractivity contribution in [2.45, 2.75) is 70.9 Å². The van der Waals surface area contributed by atoms with Crippen LogP contribution in [0.2, 0.25) is 0 Å². The Kier molecular flexibility index (Phi) is 6.81. The zero-order valence-electron chi connectivity index (χ0n) is 16.9. The smallest absolute Gasteiger partial charge is 0.341 e. The monoisotopic (exact) mass is 389 g/mol. The minimum Gasteiger partial charge on any atom is -0.490 e. The Morgan fingerprint density at radius 1 is 1.00 bits per heavy atom. The molecule has 2 saturated carbocycles. The Morgan fingerprint density at radius 2 is 1.64 bits per heavy atom. The molecule has 0 heterocycles. The molecule has 2 aliphatic rings. The van der Waals surface area contributed by atoms with Gasteiger partial charge in [-0.15, -0.1) is 0 Å². The van der Waals surface area contributed by atoms with Crippen molar-refractivity contribution in [3.8, 4) is 11.5 Å². The van der Waals surface area contributed by atoms with E-state index in [-0.39, 0.29) is 5.91 Å². The summed E-state index contributed by atoms with van der Waals surface area (Å²) < 4.78 is 10.9. The predicted molar refractivity (Wildman–Crippen MR) is 106 cm³/mol. The van der Waals surface area contributed by atoms with Crippen LogP contribution in [0, 0.1) is 5.92 Å². The summed E-state index contributed by atoms with van der Waals surface area (Å²) >= 11 is 0. The third-order valence-electron chi connectivity index (χ3n) is 5.80. The maximum atomic E-state index is 13.3. The van der Waals surface area contributed by atoms with Crippen LogP contribution in [0.5, 0.6) is 11.5 Å². The van der Waals surface area contributed by atoms with E-state index in [9.17, 15) is 9.59 Å². The second kappa shape index (κ2) is 9.30. The Hall–Kier alpha value is -2.24. The van der Waals surface area contributed by atoms with Gasteiger partial charge in [0.25, 0.3) is 5.91 Å². The van der Waals surface area contributed by atoms with Crippen LogP contribution in [0.25, 0.3) is 0 Å². The van der Waals surface area contributed by atoms with Crippen molar-refractivity contribution >= 4 is 11.9 Å². The molecule has 0 bridgehead atoms. The molecule has 1 amide bonds. The molecule has 154 valence electrons. The highest BCUT2D eigenvalue weighted by Crippen LogP contribution is 2.38. The van der Waals surface area contributed by atoms with Gasteiger partial charge in [0, 0.05) is 17.6 Å². The number of benzene rings is 1. The van der Waals surface area contributed by atoms with Gasteiger partial charge in [-0.2, -0.15) is 0 Å². The molecular formula is C22H31NO5. The van der Waals surface area contributed by atoms with Gasteiger partial charge in [-0.05, 0) is 69.6 Å². The highest BCUT2D eigenvalue weighted by Gasteiger charge is 2.39. The highest BCUT2D eigenvalue weighted by molar-refractivity contribution is 5.95. The summed E-state index contributed by atoms with van der Waals surface area (Å²) in [5.74, 6) is 0.559. The number of hydrogen-bond donors (Lipinski definition) is 1. The van der Waals surface area contributed by atoms with Crippen molar-refractivity contribution < 1.29 is 24.2 Å². The summed E-state index contributed by atoms with van der Waals surface area (Å²) in [7, 11) is 0. The molecule has 0 radical (unpaired) electrons. The normalized spacial score (nSPS) is 21.8. The molecule has 0 spiro atoms. The van der Waals surface area contributed by atoms with Crippen LogP contribution in [-0.4, -0.2) is 47.2 Å². The van der Waals surface area contributed by atoms with E-state index in [1.165, 1.54) is 19.3 Å². The van der Waals surface area contributed by atoms with Gasteiger partial charge in [-0.1, -0.05) is 13.3 Å². The lowest BCUT2D eigenvalue weighted by Crippen LogP contribution is -2.43. The molecule has 0 atom stereocenters. The van der Waals surface area contributed by atoms with Gasteiger partial charge < -0.3 is 19.5 Å². The Bertz CT molecular complexity index is 692. The van der Waals surface area contributed by atoms with E-state index in [0.29, 0.717) is 35.8 Å². The number of aliphatic carboxylic acids is 1.